The normalized spacial score (nSPS) is 11.9. The van der Waals surface area contributed by atoms with Gasteiger partial charge in [0.05, 0.1) is 0 Å². The molecule has 1 aromatic carbocycles. The van der Waals surface area contributed by atoms with E-state index in [2.05, 4.69) is 4.74 Å². The largest absolute Gasteiger partial charge is 0.452 e. The van der Waals surface area contributed by atoms with Gasteiger partial charge in [-0.15, -0.1) is 0 Å². The second-order valence-corrected chi connectivity index (χ2v) is 4.93. The van der Waals surface area contributed by atoms with Crippen LogP contribution in [0.5, 0.6) is 0 Å². The monoisotopic (exact) mass is 294 g/mol. The standard InChI is InChI=1S/C10H8F2O6S/c11-10(12,19(15,16)17)6-18-9(14)8(13)7-4-2-1-3-5-7/h1-5H,6H2,(H,15,16,17). The Hall–Kier alpha value is -1.87. The van der Waals surface area contributed by atoms with Gasteiger partial charge in [-0.05, 0) is 0 Å². The number of benzene rings is 1. The summed E-state index contributed by atoms with van der Waals surface area (Å²) in [5.74, 6) is -2.85. The van der Waals surface area contributed by atoms with Crippen LogP contribution in [-0.2, 0) is 19.6 Å². The SMILES string of the molecule is O=C(OCC(F)(F)S(=O)(=O)O)C(=O)c1ccccc1. The van der Waals surface area contributed by atoms with Crippen molar-refractivity contribution in [2.45, 2.75) is 5.25 Å². The second kappa shape index (κ2) is 5.41. The molecule has 0 radical (unpaired) electrons. The van der Waals surface area contributed by atoms with Crippen molar-refractivity contribution in [1.82, 2.24) is 0 Å². The number of carbonyl (C=O) groups is 2. The molecule has 1 aromatic rings. The molecule has 19 heavy (non-hydrogen) atoms. The Labute approximate surface area is 106 Å². The van der Waals surface area contributed by atoms with Crippen molar-refractivity contribution >= 4 is 21.9 Å². The number of hydrogen-bond acceptors (Lipinski definition) is 5. The number of alkyl halides is 2. The van der Waals surface area contributed by atoms with Gasteiger partial charge in [-0.1, -0.05) is 30.3 Å². The summed E-state index contributed by atoms with van der Waals surface area (Å²) in [7, 11) is -5.71. The fraction of sp³-hybridized carbons (Fsp3) is 0.200. The Morgan fingerprint density at radius 1 is 1.21 bits per heavy atom. The third kappa shape index (κ3) is 3.80. The maximum Gasteiger partial charge on any atom is 0.402 e. The highest BCUT2D eigenvalue weighted by molar-refractivity contribution is 7.86. The van der Waals surface area contributed by atoms with Gasteiger partial charge in [-0.2, -0.15) is 17.2 Å². The minimum absolute atomic E-state index is 0.0947. The van der Waals surface area contributed by atoms with Crippen molar-refractivity contribution in [2.24, 2.45) is 0 Å². The lowest BCUT2D eigenvalue weighted by Gasteiger charge is -2.12. The summed E-state index contributed by atoms with van der Waals surface area (Å²) in [6.45, 7) is -1.94. The molecule has 0 aliphatic heterocycles. The van der Waals surface area contributed by atoms with Gasteiger partial charge in [0.25, 0.3) is 5.78 Å². The predicted molar refractivity (Wildman–Crippen MR) is 58.2 cm³/mol. The van der Waals surface area contributed by atoms with Gasteiger partial charge in [0.2, 0.25) is 0 Å². The minimum atomic E-state index is -5.71. The maximum atomic E-state index is 12.7. The average molecular weight is 294 g/mol. The third-order valence-corrected chi connectivity index (χ3v) is 2.84. The molecule has 0 spiro atoms. The van der Waals surface area contributed by atoms with Gasteiger partial charge >= 0.3 is 21.3 Å². The Balaban J connectivity index is 2.70. The first-order chi connectivity index (χ1) is 8.65. The van der Waals surface area contributed by atoms with E-state index in [0.717, 1.165) is 0 Å². The molecule has 0 unspecified atom stereocenters. The van der Waals surface area contributed by atoms with E-state index in [1.807, 2.05) is 0 Å². The lowest BCUT2D eigenvalue weighted by Crippen LogP contribution is -2.35. The van der Waals surface area contributed by atoms with Crippen LogP contribution >= 0.6 is 0 Å². The van der Waals surface area contributed by atoms with Crippen LogP contribution in [0.4, 0.5) is 8.78 Å². The number of ether oxygens (including phenoxy) is 1. The molecule has 1 rings (SSSR count). The molecule has 0 heterocycles. The number of ketones is 1. The first-order valence-corrected chi connectivity index (χ1v) is 6.20. The van der Waals surface area contributed by atoms with Gasteiger partial charge in [-0.3, -0.25) is 9.35 Å². The van der Waals surface area contributed by atoms with E-state index < -0.39 is 33.7 Å². The summed E-state index contributed by atoms with van der Waals surface area (Å²) < 4.78 is 58.0. The Bertz CT molecular complexity index is 581. The molecule has 0 aliphatic rings. The molecule has 0 saturated heterocycles. The predicted octanol–water partition coefficient (Wildman–Crippen LogP) is 0.893. The Kier molecular flexibility index (Phi) is 4.32. The van der Waals surface area contributed by atoms with E-state index in [1.54, 1.807) is 6.07 Å². The van der Waals surface area contributed by atoms with Crippen LogP contribution in [0.15, 0.2) is 30.3 Å². The summed E-state index contributed by atoms with van der Waals surface area (Å²) in [4.78, 5) is 22.5. The highest BCUT2D eigenvalue weighted by atomic mass is 32.2. The first kappa shape index (κ1) is 15.2. The fourth-order valence-electron chi connectivity index (χ4n) is 0.997. The highest BCUT2D eigenvalue weighted by Crippen LogP contribution is 2.20. The molecule has 0 bridgehead atoms. The van der Waals surface area contributed by atoms with Crippen molar-refractivity contribution in [3.63, 3.8) is 0 Å². The zero-order valence-electron chi connectivity index (χ0n) is 9.25. The van der Waals surface area contributed by atoms with E-state index in [4.69, 9.17) is 4.55 Å². The van der Waals surface area contributed by atoms with Crippen LogP contribution in [0, 0.1) is 0 Å². The summed E-state index contributed by atoms with van der Waals surface area (Å²) in [5, 5.41) is -4.67. The molecule has 104 valence electrons. The van der Waals surface area contributed by atoms with Crippen LogP contribution in [0.1, 0.15) is 10.4 Å². The van der Waals surface area contributed by atoms with Crippen LogP contribution in [0.3, 0.4) is 0 Å². The smallest absolute Gasteiger partial charge is 0.402 e. The summed E-state index contributed by atoms with van der Waals surface area (Å²) in [6, 6.07) is 6.95. The van der Waals surface area contributed by atoms with Crippen LogP contribution < -0.4 is 0 Å². The molecule has 0 fully saturated rings. The highest BCUT2D eigenvalue weighted by Gasteiger charge is 2.46. The maximum absolute atomic E-state index is 12.7. The summed E-state index contributed by atoms with van der Waals surface area (Å²) >= 11 is 0. The topological polar surface area (TPSA) is 97.7 Å². The first-order valence-electron chi connectivity index (χ1n) is 4.76. The zero-order valence-corrected chi connectivity index (χ0v) is 10.1. The van der Waals surface area contributed by atoms with Gasteiger partial charge in [-0.25, -0.2) is 4.79 Å². The van der Waals surface area contributed by atoms with Crippen molar-refractivity contribution in [1.29, 1.82) is 0 Å². The number of Topliss-reactive ketones (excluding diaryl/α,β-unsaturated/α-hetero) is 1. The number of rotatable bonds is 5. The molecule has 6 nitrogen and oxygen atoms in total. The number of halogens is 2. The molecule has 0 saturated carbocycles. The number of esters is 1. The minimum Gasteiger partial charge on any atom is -0.452 e. The molecule has 9 heteroatoms. The van der Waals surface area contributed by atoms with Crippen molar-refractivity contribution in [3.05, 3.63) is 35.9 Å². The molecule has 0 aliphatic carbocycles. The van der Waals surface area contributed by atoms with E-state index >= 15 is 0 Å². The molecule has 0 amide bonds. The average Bonchev–Trinajstić information content (AvgIpc) is 2.35. The van der Waals surface area contributed by atoms with Gasteiger partial charge in [0, 0.05) is 5.56 Å². The quantitative estimate of drug-likeness (QED) is 0.375. The number of hydrogen-bond donors (Lipinski definition) is 1. The molecule has 0 aromatic heterocycles. The second-order valence-electron chi connectivity index (χ2n) is 3.38. The fourth-order valence-corrected chi connectivity index (χ4v) is 1.20. The third-order valence-electron chi connectivity index (χ3n) is 1.97. The van der Waals surface area contributed by atoms with E-state index in [9.17, 15) is 26.8 Å². The van der Waals surface area contributed by atoms with Gasteiger partial charge in [0.15, 0.2) is 6.61 Å². The number of carbonyl (C=O) groups excluding carboxylic acids is 2. The van der Waals surface area contributed by atoms with Gasteiger partial charge < -0.3 is 4.74 Å². The van der Waals surface area contributed by atoms with Gasteiger partial charge in [0.1, 0.15) is 0 Å². The Morgan fingerprint density at radius 2 is 1.74 bits per heavy atom. The van der Waals surface area contributed by atoms with E-state index in [0.29, 0.717) is 0 Å². The molecular weight excluding hydrogens is 286 g/mol. The van der Waals surface area contributed by atoms with E-state index in [-0.39, 0.29) is 5.56 Å². The summed E-state index contributed by atoms with van der Waals surface area (Å²) in [6.07, 6.45) is 0. The lowest BCUT2D eigenvalue weighted by molar-refractivity contribution is -0.143. The van der Waals surface area contributed by atoms with Crippen molar-refractivity contribution in [3.8, 4) is 0 Å². The lowest BCUT2D eigenvalue weighted by atomic mass is 10.1. The zero-order chi connectivity index (χ0) is 14.7. The van der Waals surface area contributed by atoms with Crippen molar-refractivity contribution in [2.75, 3.05) is 6.61 Å². The van der Waals surface area contributed by atoms with E-state index in [1.165, 1.54) is 24.3 Å². The van der Waals surface area contributed by atoms with Crippen LogP contribution in [0.25, 0.3) is 0 Å². The molecular formula is C10H8F2O6S. The molecule has 0 atom stereocenters. The molecule has 1 N–H and O–H groups in total. The summed E-state index contributed by atoms with van der Waals surface area (Å²) in [5.41, 5.74) is -0.0947. The van der Waals surface area contributed by atoms with Crippen LogP contribution in [0.2, 0.25) is 0 Å². The Morgan fingerprint density at radius 3 is 2.21 bits per heavy atom. The van der Waals surface area contributed by atoms with Crippen LogP contribution in [-0.4, -0.2) is 36.6 Å². The van der Waals surface area contributed by atoms with Crippen molar-refractivity contribution < 1.29 is 36.1 Å².